The second-order valence-electron chi connectivity index (χ2n) is 4.42. The zero-order chi connectivity index (χ0) is 13.7. The highest BCUT2D eigenvalue weighted by molar-refractivity contribution is 7.91. The largest absolute Gasteiger partial charge is 0.493 e. The van der Waals surface area contributed by atoms with E-state index in [-0.39, 0.29) is 11.5 Å². The average molecular weight is 278 g/mol. The van der Waals surface area contributed by atoms with Crippen LogP contribution in [0.5, 0.6) is 5.75 Å². The van der Waals surface area contributed by atoms with E-state index >= 15 is 0 Å². The summed E-state index contributed by atoms with van der Waals surface area (Å²) in [7, 11) is -2.90. The highest BCUT2D eigenvalue weighted by atomic mass is 32.2. The van der Waals surface area contributed by atoms with Gasteiger partial charge < -0.3 is 4.74 Å². The van der Waals surface area contributed by atoms with E-state index in [1.165, 1.54) is 0 Å². The normalized spacial score (nSPS) is 11.6. The Kier molecular flexibility index (Phi) is 4.43. The first-order chi connectivity index (χ1) is 9.12. The Morgan fingerprint density at radius 1 is 1.05 bits per heavy atom. The van der Waals surface area contributed by atoms with Crippen molar-refractivity contribution in [3.8, 4) is 5.75 Å². The Morgan fingerprint density at radius 2 is 1.79 bits per heavy atom. The van der Waals surface area contributed by atoms with Crippen LogP contribution in [0.1, 0.15) is 13.3 Å². The molecule has 0 fully saturated rings. The molecule has 0 bridgehead atoms. The van der Waals surface area contributed by atoms with Crippen LogP contribution in [0.25, 0.3) is 10.8 Å². The molecule has 0 amide bonds. The molecule has 2 rings (SSSR count). The molecule has 0 saturated carbocycles. The van der Waals surface area contributed by atoms with E-state index in [0.717, 1.165) is 16.5 Å². The summed E-state index contributed by atoms with van der Waals surface area (Å²) in [6.07, 6.45) is 0.527. The molecule has 0 radical (unpaired) electrons. The molecule has 2 aromatic carbocycles. The van der Waals surface area contributed by atoms with Crippen molar-refractivity contribution in [1.29, 1.82) is 0 Å². The summed E-state index contributed by atoms with van der Waals surface area (Å²) < 4.78 is 28.4. The Morgan fingerprint density at radius 3 is 2.58 bits per heavy atom. The molecule has 0 atom stereocenters. The second-order valence-corrected chi connectivity index (χ2v) is 6.89. The van der Waals surface area contributed by atoms with Gasteiger partial charge in [0.1, 0.15) is 15.6 Å². The summed E-state index contributed by atoms with van der Waals surface area (Å²) in [6, 6.07) is 13.9. The molecule has 3 nitrogen and oxygen atoms in total. The van der Waals surface area contributed by atoms with Crippen molar-refractivity contribution in [2.75, 3.05) is 18.1 Å². The van der Waals surface area contributed by atoms with E-state index < -0.39 is 9.84 Å². The van der Waals surface area contributed by atoms with Gasteiger partial charge in [-0.05, 0) is 17.9 Å². The van der Waals surface area contributed by atoms with Gasteiger partial charge in [0.2, 0.25) is 0 Å². The van der Waals surface area contributed by atoms with Crippen LogP contribution in [0, 0.1) is 0 Å². The van der Waals surface area contributed by atoms with Crippen molar-refractivity contribution in [1.82, 2.24) is 0 Å². The maximum absolute atomic E-state index is 11.4. The molecule has 0 N–H and O–H groups in total. The SMILES string of the molecule is CCS(=O)(=O)CCCOc1cccc2ccccc12. The lowest BCUT2D eigenvalue weighted by molar-refractivity contribution is 0.321. The van der Waals surface area contributed by atoms with Crippen LogP contribution in [0.2, 0.25) is 0 Å². The molecule has 0 aliphatic rings. The third-order valence-electron chi connectivity index (χ3n) is 3.05. The van der Waals surface area contributed by atoms with Crippen molar-refractivity contribution in [3.63, 3.8) is 0 Å². The Labute approximate surface area is 114 Å². The van der Waals surface area contributed by atoms with Gasteiger partial charge in [-0.3, -0.25) is 0 Å². The fourth-order valence-electron chi connectivity index (χ4n) is 1.93. The van der Waals surface area contributed by atoms with Crippen LogP contribution in [0.3, 0.4) is 0 Å². The minimum Gasteiger partial charge on any atom is -0.493 e. The van der Waals surface area contributed by atoms with Gasteiger partial charge in [0.25, 0.3) is 0 Å². The molecule has 0 aliphatic heterocycles. The van der Waals surface area contributed by atoms with Gasteiger partial charge in [0.15, 0.2) is 0 Å². The molecular formula is C15H18O3S. The minimum atomic E-state index is -2.90. The monoisotopic (exact) mass is 278 g/mol. The van der Waals surface area contributed by atoms with Crippen LogP contribution in [-0.2, 0) is 9.84 Å². The lowest BCUT2D eigenvalue weighted by atomic mass is 10.1. The van der Waals surface area contributed by atoms with Crippen molar-refractivity contribution < 1.29 is 13.2 Å². The Hall–Kier alpha value is -1.55. The van der Waals surface area contributed by atoms with Crippen LogP contribution >= 0.6 is 0 Å². The molecule has 19 heavy (non-hydrogen) atoms. The number of ether oxygens (including phenoxy) is 1. The van der Waals surface area contributed by atoms with Gasteiger partial charge in [-0.15, -0.1) is 0 Å². The van der Waals surface area contributed by atoms with Crippen LogP contribution in [-0.4, -0.2) is 26.5 Å². The van der Waals surface area contributed by atoms with Gasteiger partial charge in [-0.25, -0.2) is 8.42 Å². The summed E-state index contributed by atoms with van der Waals surface area (Å²) in [5, 5.41) is 2.18. The van der Waals surface area contributed by atoms with Crippen molar-refractivity contribution >= 4 is 20.6 Å². The van der Waals surface area contributed by atoms with Gasteiger partial charge in [0.05, 0.1) is 12.4 Å². The van der Waals surface area contributed by atoms with Gasteiger partial charge in [-0.1, -0.05) is 43.3 Å². The third kappa shape index (κ3) is 3.70. The summed E-state index contributed by atoms with van der Waals surface area (Å²) in [4.78, 5) is 0. The Balaban J connectivity index is 1.99. The highest BCUT2D eigenvalue weighted by Gasteiger charge is 2.07. The highest BCUT2D eigenvalue weighted by Crippen LogP contribution is 2.25. The predicted octanol–water partition coefficient (Wildman–Crippen LogP) is 3.04. The zero-order valence-corrected chi connectivity index (χ0v) is 11.8. The first kappa shape index (κ1) is 13.9. The van der Waals surface area contributed by atoms with Crippen LogP contribution < -0.4 is 4.74 Å². The molecule has 102 valence electrons. The van der Waals surface area contributed by atoms with Gasteiger partial charge in [0, 0.05) is 11.1 Å². The molecule has 4 heteroatoms. The summed E-state index contributed by atoms with van der Waals surface area (Å²) in [5.74, 6) is 1.20. The van der Waals surface area contributed by atoms with E-state index in [9.17, 15) is 8.42 Å². The Bertz CT molecular complexity index is 642. The van der Waals surface area contributed by atoms with Gasteiger partial charge >= 0.3 is 0 Å². The van der Waals surface area contributed by atoms with Crippen molar-refractivity contribution in [2.45, 2.75) is 13.3 Å². The molecule has 0 spiro atoms. The van der Waals surface area contributed by atoms with Crippen LogP contribution in [0.4, 0.5) is 0 Å². The first-order valence-electron chi connectivity index (χ1n) is 6.43. The fraction of sp³-hybridized carbons (Fsp3) is 0.333. The summed E-state index contributed by atoms with van der Waals surface area (Å²) >= 11 is 0. The summed E-state index contributed by atoms with van der Waals surface area (Å²) in [5.41, 5.74) is 0. The number of hydrogen-bond acceptors (Lipinski definition) is 3. The van der Waals surface area contributed by atoms with Crippen LogP contribution in [0.15, 0.2) is 42.5 Å². The second kappa shape index (κ2) is 6.06. The molecule has 0 heterocycles. The number of fused-ring (bicyclic) bond motifs is 1. The number of benzene rings is 2. The molecule has 0 unspecified atom stereocenters. The predicted molar refractivity (Wildman–Crippen MR) is 78.4 cm³/mol. The van der Waals surface area contributed by atoms with E-state index in [0.29, 0.717) is 13.0 Å². The molecule has 0 aliphatic carbocycles. The van der Waals surface area contributed by atoms with E-state index in [4.69, 9.17) is 4.74 Å². The standard InChI is InChI=1S/C15H18O3S/c1-2-19(16,17)12-6-11-18-15-10-5-8-13-7-3-4-9-14(13)15/h3-5,7-10H,2,6,11-12H2,1H3. The van der Waals surface area contributed by atoms with Crippen molar-refractivity contribution in [3.05, 3.63) is 42.5 Å². The maximum Gasteiger partial charge on any atom is 0.150 e. The molecular weight excluding hydrogens is 260 g/mol. The number of sulfone groups is 1. The molecule has 2 aromatic rings. The van der Waals surface area contributed by atoms with E-state index in [2.05, 4.69) is 0 Å². The fourth-order valence-corrected chi connectivity index (χ4v) is 2.77. The summed E-state index contributed by atoms with van der Waals surface area (Å²) in [6.45, 7) is 2.09. The van der Waals surface area contributed by atoms with E-state index in [1.807, 2.05) is 42.5 Å². The van der Waals surface area contributed by atoms with Crippen molar-refractivity contribution in [2.24, 2.45) is 0 Å². The third-order valence-corrected chi connectivity index (χ3v) is 4.84. The average Bonchev–Trinajstić information content (AvgIpc) is 2.44. The number of hydrogen-bond donors (Lipinski definition) is 0. The van der Waals surface area contributed by atoms with Gasteiger partial charge in [-0.2, -0.15) is 0 Å². The molecule has 0 saturated heterocycles. The lowest BCUT2D eigenvalue weighted by Crippen LogP contribution is -2.11. The quantitative estimate of drug-likeness (QED) is 0.763. The topological polar surface area (TPSA) is 43.4 Å². The maximum atomic E-state index is 11.4. The first-order valence-corrected chi connectivity index (χ1v) is 8.25. The minimum absolute atomic E-state index is 0.189. The smallest absolute Gasteiger partial charge is 0.150 e. The zero-order valence-electron chi connectivity index (χ0n) is 11.0. The number of rotatable bonds is 6. The van der Waals surface area contributed by atoms with E-state index in [1.54, 1.807) is 6.92 Å². The lowest BCUT2D eigenvalue weighted by Gasteiger charge is -2.09. The molecule has 0 aromatic heterocycles.